The maximum atomic E-state index is 12.7. The van der Waals surface area contributed by atoms with Gasteiger partial charge in [0.15, 0.2) is 5.69 Å². The van der Waals surface area contributed by atoms with E-state index >= 15 is 0 Å². The van der Waals surface area contributed by atoms with E-state index < -0.39 is 31.7 Å². The van der Waals surface area contributed by atoms with Crippen molar-refractivity contribution in [3.63, 3.8) is 0 Å². The lowest BCUT2D eigenvalue weighted by Crippen LogP contribution is -2.43. The summed E-state index contributed by atoms with van der Waals surface area (Å²) in [7, 11) is 0. The van der Waals surface area contributed by atoms with E-state index in [1.807, 2.05) is 0 Å². The van der Waals surface area contributed by atoms with Crippen LogP contribution in [0.2, 0.25) is 0 Å². The highest BCUT2D eigenvalue weighted by Crippen LogP contribution is 2.28. The Labute approximate surface area is 197 Å². The predicted molar refractivity (Wildman–Crippen MR) is 111 cm³/mol. The second kappa shape index (κ2) is 10.8. The number of nitrogens with zero attached hydrogens (tertiary/aromatic N) is 2. The van der Waals surface area contributed by atoms with Crippen LogP contribution in [-0.2, 0) is 29.0 Å². The highest BCUT2D eigenvalue weighted by Gasteiger charge is 2.29. The number of carbonyl (C=O) groups excluding carboxylic acids is 1. The van der Waals surface area contributed by atoms with Crippen LogP contribution in [0.3, 0.4) is 0 Å². The topological polar surface area (TPSA) is 83.8 Å². The van der Waals surface area contributed by atoms with Crippen molar-refractivity contribution in [2.45, 2.75) is 50.7 Å². The van der Waals surface area contributed by atoms with E-state index in [0.29, 0.717) is 36.6 Å². The Morgan fingerprint density at radius 2 is 2.09 bits per heavy atom. The highest BCUT2D eigenvalue weighted by atomic mass is 19.4. The fourth-order valence-corrected chi connectivity index (χ4v) is 3.85. The van der Waals surface area contributed by atoms with Gasteiger partial charge < -0.3 is 24.3 Å². The van der Waals surface area contributed by atoms with Gasteiger partial charge in [-0.05, 0) is 29.7 Å². The van der Waals surface area contributed by atoms with E-state index in [4.69, 9.17) is 18.9 Å². The van der Waals surface area contributed by atoms with Crippen LogP contribution < -0.4 is 14.8 Å². The van der Waals surface area contributed by atoms with Crippen molar-refractivity contribution in [3.05, 3.63) is 41.1 Å². The molecule has 3 heterocycles. The van der Waals surface area contributed by atoms with Gasteiger partial charge in [0.05, 0.1) is 25.8 Å². The summed E-state index contributed by atoms with van der Waals surface area (Å²) >= 11 is 0. The molecule has 0 bridgehead atoms. The molecule has 4 rings (SSSR count). The Bertz CT molecular complexity index is 1010. The van der Waals surface area contributed by atoms with Gasteiger partial charge in [0.2, 0.25) is 5.88 Å². The van der Waals surface area contributed by atoms with Crippen LogP contribution in [0.5, 0.6) is 11.6 Å². The third kappa shape index (κ3) is 7.04. The third-order valence-electron chi connectivity index (χ3n) is 5.37. The van der Waals surface area contributed by atoms with Gasteiger partial charge >= 0.3 is 6.18 Å². The zero-order chi connectivity index (χ0) is 25.0. The fraction of sp³-hybridized carbons (Fsp3) is 0.545. The van der Waals surface area contributed by atoms with Crippen LogP contribution in [0, 0.1) is 0 Å². The maximum Gasteiger partial charge on any atom is 0.411 e. The molecule has 0 radical (unpaired) electrons. The number of hydrogen-bond donors (Lipinski definition) is 1. The molecule has 1 aromatic heterocycles. The molecule has 2 aromatic rings. The smallest absolute Gasteiger partial charge is 0.411 e. The average molecular weight is 505 g/mol. The Kier molecular flexibility index (Phi) is 7.75. The van der Waals surface area contributed by atoms with Crippen LogP contribution in [0.15, 0.2) is 24.3 Å². The maximum absolute atomic E-state index is 12.7. The number of alkyl halides is 5. The number of nitrogens with one attached hydrogen (secondary N) is 1. The lowest BCUT2D eigenvalue weighted by molar-refractivity contribution is -0.176. The lowest BCUT2D eigenvalue weighted by atomic mass is 10.0. The number of ether oxygens (including phenoxy) is 4. The third-order valence-corrected chi connectivity index (χ3v) is 5.37. The molecule has 1 amide bonds. The first-order valence-electron chi connectivity index (χ1n) is 11.0. The fourth-order valence-electron chi connectivity index (χ4n) is 3.85. The highest BCUT2D eigenvalue weighted by molar-refractivity contribution is 5.92. The normalized spacial score (nSPS) is 19.1. The molecule has 2 aliphatic rings. The molecule has 2 aliphatic heterocycles. The number of hydrogen-bond acceptors (Lipinski definition) is 6. The molecule has 1 aromatic carbocycles. The minimum absolute atomic E-state index is 0.131. The number of aromatic nitrogens is 2. The first kappa shape index (κ1) is 25.2. The summed E-state index contributed by atoms with van der Waals surface area (Å²) in [5.41, 5.74) is 1.48. The largest absolute Gasteiger partial charge is 0.491 e. The zero-order valence-corrected chi connectivity index (χ0v) is 18.5. The summed E-state index contributed by atoms with van der Waals surface area (Å²) in [5.74, 6) is 0.588. The number of halogens is 5. The van der Waals surface area contributed by atoms with Crippen molar-refractivity contribution < 1.29 is 45.7 Å². The summed E-state index contributed by atoms with van der Waals surface area (Å²) in [4.78, 5) is 12.7. The second-order valence-corrected chi connectivity index (χ2v) is 8.28. The summed E-state index contributed by atoms with van der Waals surface area (Å²) in [5, 5.41) is 7.09. The van der Waals surface area contributed by atoms with Crippen LogP contribution in [0.4, 0.5) is 22.0 Å². The van der Waals surface area contributed by atoms with E-state index in [0.717, 1.165) is 5.56 Å². The Hall–Kier alpha value is -2.93. The Morgan fingerprint density at radius 3 is 2.83 bits per heavy atom. The van der Waals surface area contributed by atoms with E-state index in [1.165, 1.54) is 10.7 Å². The van der Waals surface area contributed by atoms with Gasteiger partial charge in [0, 0.05) is 12.5 Å². The molecule has 35 heavy (non-hydrogen) atoms. The van der Waals surface area contributed by atoms with Crippen LogP contribution in [0.25, 0.3) is 0 Å². The molecule has 1 unspecified atom stereocenters. The van der Waals surface area contributed by atoms with E-state index in [9.17, 15) is 26.7 Å². The average Bonchev–Trinajstić information content (AvgIpc) is 3.34. The van der Waals surface area contributed by atoms with Crippen molar-refractivity contribution in [1.82, 2.24) is 15.1 Å². The molecule has 192 valence electrons. The molecular weight excluding hydrogens is 481 g/mol. The number of fused-ring (bicyclic) bond motifs is 2. The SMILES string of the molecule is O=C(N[C@H]1COc2ccc(COCC(F)(F)F)cc2C1)c1cc2n(n1)CC(CCOCC(F)F)O2. The predicted octanol–water partition coefficient (Wildman–Crippen LogP) is 3.13. The molecule has 0 saturated carbocycles. The summed E-state index contributed by atoms with van der Waals surface area (Å²) < 4.78 is 83.5. The van der Waals surface area contributed by atoms with Crippen molar-refractivity contribution in [2.75, 3.05) is 26.4 Å². The van der Waals surface area contributed by atoms with Gasteiger partial charge in [0.1, 0.15) is 31.7 Å². The first-order chi connectivity index (χ1) is 16.7. The number of rotatable bonds is 10. The van der Waals surface area contributed by atoms with Crippen molar-refractivity contribution in [3.8, 4) is 11.6 Å². The van der Waals surface area contributed by atoms with Crippen LogP contribution in [0.1, 0.15) is 28.0 Å². The standard InChI is InChI=1S/C22H24F5N3O5/c23-19(24)11-32-4-3-16-8-30-20(35-16)7-17(29-30)21(31)28-15-6-14-5-13(1-2-18(14)34-10-15)9-33-12-22(25,26)27/h1-2,5,7,15-16,19H,3-4,6,8-12H2,(H,28,31)/t15-,16?/m1/s1. The minimum Gasteiger partial charge on any atom is -0.491 e. The summed E-state index contributed by atoms with van der Waals surface area (Å²) in [6, 6.07) is 6.15. The number of amides is 1. The van der Waals surface area contributed by atoms with Crippen molar-refractivity contribution >= 4 is 5.91 Å². The monoisotopic (exact) mass is 505 g/mol. The van der Waals surface area contributed by atoms with Crippen molar-refractivity contribution in [2.24, 2.45) is 0 Å². The molecule has 0 spiro atoms. The zero-order valence-electron chi connectivity index (χ0n) is 18.5. The molecule has 13 heteroatoms. The van der Waals surface area contributed by atoms with E-state index in [-0.39, 0.29) is 37.7 Å². The van der Waals surface area contributed by atoms with Gasteiger partial charge in [-0.25, -0.2) is 13.5 Å². The van der Waals surface area contributed by atoms with E-state index in [1.54, 1.807) is 18.2 Å². The quantitative estimate of drug-likeness (QED) is 0.395. The van der Waals surface area contributed by atoms with Gasteiger partial charge in [-0.2, -0.15) is 18.3 Å². The molecule has 0 fully saturated rings. The lowest BCUT2D eigenvalue weighted by Gasteiger charge is -2.26. The van der Waals surface area contributed by atoms with Crippen LogP contribution >= 0.6 is 0 Å². The van der Waals surface area contributed by atoms with Gasteiger partial charge in [-0.15, -0.1) is 0 Å². The van der Waals surface area contributed by atoms with Gasteiger partial charge in [-0.1, -0.05) is 6.07 Å². The Balaban J connectivity index is 1.26. The van der Waals surface area contributed by atoms with Gasteiger partial charge in [0.25, 0.3) is 12.3 Å². The van der Waals surface area contributed by atoms with Gasteiger partial charge in [-0.3, -0.25) is 4.79 Å². The van der Waals surface area contributed by atoms with Crippen LogP contribution in [-0.4, -0.2) is 66.9 Å². The molecule has 1 N–H and O–H groups in total. The first-order valence-corrected chi connectivity index (χ1v) is 11.0. The summed E-state index contributed by atoms with van der Waals surface area (Å²) in [6.07, 6.45) is -6.33. The Morgan fingerprint density at radius 1 is 1.26 bits per heavy atom. The molecular formula is C22H24F5N3O5. The molecule has 0 aliphatic carbocycles. The molecule has 8 nitrogen and oxygen atoms in total. The minimum atomic E-state index is -4.39. The second-order valence-electron chi connectivity index (χ2n) is 8.28. The van der Waals surface area contributed by atoms with Crippen molar-refractivity contribution in [1.29, 1.82) is 0 Å². The summed E-state index contributed by atoms with van der Waals surface area (Å²) in [6.45, 7) is -1.40. The number of carbonyl (C=O) groups is 1. The molecule has 2 atom stereocenters. The number of benzene rings is 1. The molecule has 0 saturated heterocycles. The van der Waals surface area contributed by atoms with E-state index in [2.05, 4.69) is 10.4 Å².